The fourth-order valence-electron chi connectivity index (χ4n) is 0.268. The summed E-state index contributed by atoms with van der Waals surface area (Å²) in [5.41, 5.74) is 13.1. The summed E-state index contributed by atoms with van der Waals surface area (Å²) in [4.78, 5) is 20.0. The average molecular weight is 172 g/mol. The minimum atomic E-state index is -0.789. The van der Waals surface area contributed by atoms with Gasteiger partial charge in [0.2, 0.25) is 0 Å². The van der Waals surface area contributed by atoms with Crippen molar-refractivity contribution in [2.24, 2.45) is 21.7 Å². The molecule has 0 saturated carbocycles. The van der Waals surface area contributed by atoms with E-state index in [0.717, 1.165) is 12.4 Å². The topological polar surface area (TPSA) is 135 Å². The highest BCUT2D eigenvalue weighted by Crippen LogP contribution is 1.57. The van der Waals surface area contributed by atoms with Gasteiger partial charge in [-0.2, -0.15) is 10.2 Å². The molecular weight excluding hydrogens is 164 g/mol. The predicted octanol–water partition coefficient (Wildman–Crippen LogP) is -1.71. The monoisotopic (exact) mass is 172 g/mol. The third-order valence-electron chi connectivity index (χ3n) is 0.565. The fraction of sp³-hybridized carbons (Fsp3) is 0. The van der Waals surface area contributed by atoms with Crippen molar-refractivity contribution in [1.82, 2.24) is 10.9 Å². The molecule has 0 saturated heterocycles. The summed E-state index contributed by atoms with van der Waals surface area (Å²) in [6, 6.07) is -1.58. The summed E-state index contributed by atoms with van der Waals surface area (Å²) in [6.45, 7) is 0. The number of amides is 4. The maximum atomic E-state index is 10.0. The van der Waals surface area contributed by atoms with Crippen LogP contribution in [0.3, 0.4) is 0 Å². The van der Waals surface area contributed by atoms with Gasteiger partial charge < -0.3 is 11.5 Å². The number of nitrogens with zero attached hydrogens (tertiary/aromatic N) is 2. The summed E-state index contributed by atoms with van der Waals surface area (Å²) < 4.78 is 0. The first-order chi connectivity index (χ1) is 5.63. The van der Waals surface area contributed by atoms with Gasteiger partial charge in [-0.3, -0.25) is 0 Å². The molecule has 0 fully saturated rings. The van der Waals surface area contributed by atoms with E-state index in [4.69, 9.17) is 0 Å². The van der Waals surface area contributed by atoms with E-state index < -0.39 is 12.1 Å². The van der Waals surface area contributed by atoms with Gasteiger partial charge in [-0.25, -0.2) is 20.4 Å². The number of nitrogens with two attached hydrogens (primary N) is 2. The van der Waals surface area contributed by atoms with E-state index in [0.29, 0.717) is 0 Å². The Labute approximate surface area is 67.7 Å². The highest BCUT2D eigenvalue weighted by molar-refractivity contribution is 6.16. The van der Waals surface area contributed by atoms with E-state index in [2.05, 4.69) is 21.7 Å². The van der Waals surface area contributed by atoms with Crippen LogP contribution in [0, 0.1) is 0 Å². The second-order valence-corrected chi connectivity index (χ2v) is 1.51. The van der Waals surface area contributed by atoms with Crippen molar-refractivity contribution in [2.45, 2.75) is 0 Å². The van der Waals surface area contributed by atoms with E-state index in [1.807, 2.05) is 10.9 Å². The molecule has 0 aromatic heterocycles. The van der Waals surface area contributed by atoms with Crippen molar-refractivity contribution in [3.8, 4) is 0 Å². The summed E-state index contributed by atoms with van der Waals surface area (Å²) in [5.74, 6) is 0. The molecule has 0 spiro atoms. The first-order valence-electron chi connectivity index (χ1n) is 2.78. The standard InChI is InChI=1S/C4H8N6O2/c5-3(11)9-7-1-2-8-10-4(6)12/h1-2H,(H3,5,9,11)(H3,6,10,12)/b7-1+,8-2+. The van der Waals surface area contributed by atoms with Gasteiger partial charge in [0.15, 0.2) is 0 Å². The molecule has 0 atom stereocenters. The fourth-order valence-corrected chi connectivity index (χ4v) is 0.268. The quantitative estimate of drug-likeness (QED) is 0.298. The minimum absolute atomic E-state index is 0.789. The second-order valence-electron chi connectivity index (χ2n) is 1.51. The van der Waals surface area contributed by atoms with Crippen molar-refractivity contribution in [3.63, 3.8) is 0 Å². The maximum Gasteiger partial charge on any atom is 0.332 e. The average Bonchev–Trinajstić information content (AvgIpc) is 1.95. The normalized spacial score (nSPS) is 10.3. The van der Waals surface area contributed by atoms with Crippen molar-refractivity contribution in [3.05, 3.63) is 0 Å². The largest absolute Gasteiger partial charge is 0.350 e. The van der Waals surface area contributed by atoms with E-state index in [1.54, 1.807) is 0 Å². The third-order valence-corrected chi connectivity index (χ3v) is 0.565. The van der Waals surface area contributed by atoms with Crippen LogP contribution in [0.1, 0.15) is 0 Å². The van der Waals surface area contributed by atoms with Crippen LogP contribution in [-0.4, -0.2) is 24.5 Å². The second kappa shape index (κ2) is 5.65. The first-order valence-corrected chi connectivity index (χ1v) is 2.78. The molecule has 0 unspecified atom stereocenters. The lowest BCUT2D eigenvalue weighted by Crippen LogP contribution is -2.25. The van der Waals surface area contributed by atoms with Gasteiger partial charge in [0, 0.05) is 0 Å². The Morgan fingerprint density at radius 1 is 1.00 bits per heavy atom. The number of nitrogens with one attached hydrogen (secondary N) is 2. The molecule has 0 aliphatic heterocycles. The molecule has 6 N–H and O–H groups in total. The van der Waals surface area contributed by atoms with Crippen LogP contribution in [0.25, 0.3) is 0 Å². The van der Waals surface area contributed by atoms with E-state index in [-0.39, 0.29) is 0 Å². The van der Waals surface area contributed by atoms with E-state index in [1.165, 1.54) is 0 Å². The van der Waals surface area contributed by atoms with E-state index >= 15 is 0 Å². The molecule has 0 aliphatic rings. The minimum Gasteiger partial charge on any atom is -0.350 e. The summed E-state index contributed by atoms with van der Waals surface area (Å²) >= 11 is 0. The maximum absolute atomic E-state index is 10.0. The van der Waals surface area contributed by atoms with Crippen LogP contribution in [-0.2, 0) is 0 Å². The number of rotatable bonds is 3. The number of hydrogen-bond acceptors (Lipinski definition) is 4. The van der Waals surface area contributed by atoms with Crippen LogP contribution >= 0.6 is 0 Å². The molecule has 0 heterocycles. The van der Waals surface area contributed by atoms with Crippen molar-refractivity contribution in [2.75, 3.05) is 0 Å². The first kappa shape index (κ1) is 9.88. The number of primary amides is 2. The Balaban J connectivity index is 3.52. The summed E-state index contributed by atoms with van der Waals surface area (Å²) in [7, 11) is 0. The molecular formula is C4H8N6O2. The Kier molecular flexibility index (Phi) is 4.65. The molecule has 0 aromatic rings. The SMILES string of the molecule is NC(=O)N/N=C/C=N/NC(N)=O. The van der Waals surface area contributed by atoms with Crippen molar-refractivity contribution >= 4 is 24.5 Å². The number of carbonyl (C=O) groups is 2. The Bertz CT molecular complexity index is 198. The van der Waals surface area contributed by atoms with Crippen molar-refractivity contribution < 1.29 is 9.59 Å². The van der Waals surface area contributed by atoms with Gasteiger partial charge >= 0.3 is 12.1 Å². The zero-order valence-corrected chi connectivity index (χ0v) is 6.02. The molecule has 8 nitrogen and oxygen atoms in total. The Hall–Kier alpha value is -2.12. The third kappa shape index (κ3) is 7.88. The lowest BCUT2D eigenvalue weighted by atomic mass is 10.8. The van der Waals surface area contributed by atoms with Gasteiger partial charge in [-0.05, 0) is 0 Å². The highest BCUT2D eigenvalue weighted by Gasteiger charge is 1.82. The van der Waals surface area contributed by atoms with Gasteiger partial charge in [0.05, 0.1) is 12.4 Å². The molecule has 0 rings (SSSR count). The molecule has 8 heteroatoms. The zero-order chi connectivity index (χ0) is 9.40. The molecule has 66 valence electrons. The Morgan fingerprint density at radius 3 is 1.58 bits per heavy atom. The molecule has 4 amide bonds. The van der Waals surface area contributed by atoms with Crippen molar-refractivity contribution in [1.29, 1.82) is 0 Å². The molecule has 0 radical (unpaired) electrons. The van der Waals surface area contributed by atoms with Gasteiger partial charge in [-0.1, -0.05) is 0 Å². The smallest absolute Gasteiger partial charge is 0.332 e. The van der Waals surface area contributed by atoms with E-state index in [9.17, 15) is 9.59 Å². The molecule has 0 aliphatic carbocycles. The van der Waals surface area contributed by atoms with Crippen LogP contribution in [0.2, 0.25) is 0 Å². The number of hydrogen-bond donors (Lipinski definition) is 4. The van der Waals surface area contributed by atoms with Gasteiger partial charge in [-0.15, -0.1) is 0 Å². The van der Waals surface area contributed by atoms with Crippen LogP contribution in [0.4, 0.5) is 9.59 Å². The number of hydrazone groups is 2. The predicted molar refractivity (Wildman–Crippen MR) is 42.4 cm³/mol. The molecule has 0 aromatic carbocycles. The number of carbonyl (C=O) groups excluding carboxylic acids is 2. The van der Waals surface area contributed by atoms with Crippen LogP contribution in [0.5, 0.6) is 0 Å². The number of urea groups is 2. The Morgan fingerprint density at radius 2 is 1.33 bits per heavy atom. The van der Waals surface area contributed by atoms with Crippen LogP contribution < -0.4 is 22.3 Å². The summed E-state index contributed by atoms with van der Waals surface area (Å²) in [6.07, 6.45) is 2.22. The van der Waals surface area contributed by atoms with Gasteiger partial charge in [0.25, 0.3) is 0 Å². The van der Waals surface area contributed by atoms with Gasteiger partial charge in [0.1, 0.15) is 0 Å². The molecule has 0 bridgehead atoms. The zero-order valence-electron chi connectivity index (χ0n) is 6.02. The summed E-state index contributed by atoms with van der Waals surface area (Å²) in [5, 5.41) is 6.55. The lowest BCUT2D eigenvalue weighted by Gasteiger charge is -1.88. The molecule has 12 heavy (non-hydrogen) atoms. The lowest BCUT2D eigenvalue weighted by molar-refractivity contribution is 0.248. The van der Waals surface area contributed by atoms with Crippen LogP contribution in [0.15, 0.2) is 10.2 Å². The highest BCUT2D eigenvalue weighted by atomic mass is 16.2.